The number of amides is 1. The Kier molecular flexibility index (Phi) is 6.44. The largest absolute Gasteiger partial charge is 0.356 e. The maximum absolute atomic E-state index is 12.9. The van der Waals surface area contributed by atoms with Gasteiger partial charge in [-0.2, -0.15) is 10.2 Å². The van der Waals surface area contributed by atoms with Crippen LogP contribution in [0, 0.1) is 6.92 Å². The Hall–Kier alpha value is -3.74. The predicted octanol–water partition coefficient (Wildman–Crippen LogP) is 3.59. The molecule has 164 valence electrons. The summed E-state index contributed by atoms with van der Waals surface area (Å²) in [5.41, 5.74) is 2.97. The number of hydrogen-bond acceptors (Lipinski definition) is 4. The van der Waals surface area contributed by atoms with Gasteiger partial charge in [0.25, 0.3) is 5.56 Å². The number of carbonyl (C=O) groups excluding carboxylic acids is 1. The summed E-state index contributed by atoms with van der Waals surface area (Å²) in [6.07, 6.45) is 2.70. The molecule has 2 heterocycles. The molecule has 0 aliphatic rings. The fourth-order valence-corrected chi connectivity index (χ4v) is 3.71. The second kappa shape index (κ2) is 9.60. The molecule has 1 N–H and O–H groups in total. The molecule has 4 aromatic rings. The summed E-state index contributed by atoms with van der Waals surface area (Å²) in [6.45, 7) is 4.91. The van der Waals surface area contributed by atoms with Crippen molar-refractivity contribution in [2.45, 2.75) is 39.2 Å². The van der Waals surface area contributed by atoms with Crippen molar-refractivity contribution in [3.8, 4) is 5.69 Å². The third-order valence-electron chi connectivity index (χ3n) is 5.58. The van der Waals surface area contributed by atoms with Crippen molar-refractivity contribution in [3.63, 3.8) is 0 Å². The molecule has 2 aromatic heterocycles. The molecule has 1 unspecified atom stereocenters. The van der Waals surface area contributed by atoms with E-state index in [0.717, 1.165) is 16.8 Å². The minimum atomic E-state index is -0.238. The lowest BCUT2D eigenvalue weighted by Crippen LogP contribution is -2.28. The molecule has 2 aromatic carbocycles. The summed E-state index contributed by atoms with van der Waals surface area (Å²) in [4.78, 5) is 25.2. The van der Waals surface area contributed by atoms with Gasteiger partial charge in [0, 0.05) is 31.1 Å². The Morgan fingerprint density at radius 2 is 1.72 bits per heavy atom. The number of aromatic nitrogens is 4. The molecule has 0 fully saturated rings. The fourth-order valence-electron chi connectivity index (χ4n) is 3.71. The van der Waals surface area contributed by atoms with E-state index < -0.39 is 0 Å². The average molecular weight is 430 g/mol. The molecule has 1 atom stereocenters. The number of benzene rings is 2. The van der Waals surface area contributed by atoms with Gasteiger partial charge < -0.3 is 5.32 Å². The van der Waals surface area contributed by atoms with Crippen molar-refractivity contribution in [1.29, 1.82) is 0 Å². The minimum absolute atomic E-state index is 0.0213. The summed E-state index contributed by atoms with van der Waals surface area (Å²) in [6, 6.07) is 19.8. The zero-order valence-corrected chi connectivity index (χ0v) is 18.4. The van der Waals surface area contributed by atoms with Gasteiger partial charge in [-0.3, -0.25) is 9.59 Å². The number of carbonyl (C=O) groups is 1. The van der Waals surface area contributed by atoms with Crippen molar-refractivity contribution in [2.75, 3.05) is 6.54 Å². The van der Waals surface area contributed by atoms with Crippen LogP contribution in [0.1, 0.15) is 36.9 Å². The maximum Gasteiger partial charge on any atom is 0.295 e. The highest BCUT2D eigenvalue weighted by Crippen LogP contribution is 2.15. The van der Waals surface area contributed by atoms with E-state index in [-0.39, 0.29) is 17.4 Å². The standard InChI is InChI=1S/C25H27N5O2/c1-18(20-10-5-3-6-11-20)16-26-23(31)14-9-15-29-25(32)24-22(19(2)27-29)17-30(28-24)21-12-7-4-8-13-21/h3-8,10-13,17-18H,9,14-16H2,1-2H3,(H,26,31). The maximum atomic E-state index is 12.9. The summed E-state index contributed by atoms with van der Waals surface area (Å²) in [5.74, 6) is 0.223. The molecule has 1 amide bonds. The van der Waals surface area contributed by atoms with E-state index in [1.807, 2.05) is 61.7 Å². The minimum Gasteiger partial charge on any atom is -0.356 e. The zero-order valence-electron chi connectivity index (χ0n) is 18.4. The average Bonchev–Trinajstić information content (AvgIpc) is 3.28. The van der Waals surface area contributed by atoms with Crippen molar-refractivity contribution < 1.29 is 4.79 Å². The van der Waals surface area contributed by atoms with Crippen molar-refractivity contribution in [2.24, 2.45) is 0 Å². The third kappa shape index (κ3) is 4.77. The highest BCUT2D eigenvalue weighted by Gasteiger charge is 2.14. The van der Waals surface area contributed by atoms with Crippen LogP contribution in [0.3, 0.4) is 0 Å². The van der Waals surface area contributed by atoms with Crippen molar-refractivity contribution in [3.05, 3.63) is 88.5 Å². The Bertz CT molecular complexity index is 1260. The number of para-hydroxylation sites is 1. The molecular weight excluding hydrogens is 402 g/mol. The smallest absolute Gasteiger partial charge is 0.295 e. The van der Waals surface area contributed by atoms with Crippen LogP contribution in [0.15, 0.2) is 71.7 Å². The van der Waals surface area contributed by atoms with Gasteiger partial charge in [-0.25, -0.2) is 9.36 Å². The predicted molar refractivity (Wildman–Crippen MR) is 125 cm³/mol. The van der Waals surface area contributed by atoms with Gasteiger partial charge in [-0.05, 0) is 37.0 Å². The number of aryl methyl sites for hydroxylation is 2. The molecule has 7 nitrogen and oxygen atoms in total. The first-order valence-electron chi connectivity index (χ1n) is 10.9. The fraction of sp³-hybridized carbons (Fsp3) is 0.280. The SMILES string of the molecule is Cc1nn(CCCC(=O)NCC(C)c2ccccc2)c(=O)c2nn(-c3ccccc3)cc12. The van der Waals surface area contributed by atoms with Crippen LogP contribution in [0.2, 0.25) is 0 Å². The molecule has 0 saturated carbocycles. The number of hydrogen-bond donors (Lipinski definition) is 1. The number of rotatable bonds is 8. The molecule has 0 bridgehead atoms. The van der Waals surface area contributed by atoms with E-state index in [4.69, 9.17) is 0 Å². The summed E-state index contributed by atoms with van der Waals surface area (Å²) >= 11 is 0. The molecule has 0 aliphatic carbocycles. The second-order valence-corrected chi connectivity index (χ2v) is 8.00. The van der Waals surface area contributed by atoms with Crippen molar-refractivity contribution >= 4 is 16.8 Å². The summed E-state index contributed by atoms with van der Waals surface area (Å²) in [7, 11) is 0. The molecule has 4 rings (SSSR count). The highest BCUT2D eigenvalue weighted by molar-refractivity contribution is 5.79. The van der Waals surface area contributed by atoms with E-state index >= 15 is 0 Å². The van der Waals surface area contributed by atoms with Crippen molar-refractivity contribution in [1.82, 2.24) is 24.9 Å². The first-order valence-corrected chi connectivity index (χ1v) is 10.9. The number of fused-ring (bicyclic) bond motifs is 1. The van der Waals surface area contributed by atoms with E-state index in [1.54, 1.807) is 4.68 Å². The third-order valence-corrected chi connectivity index (χ3v) is 5.58. The Morgan fingerprint density at radius 3 is 2.44 bits per heavy atom. The van der Waals surface area contributed by atoms with E-state index in [0.29, 0.717) is 31.4 Å². The number of nitrogens with zero attached hydrogens (tertiary/aromatic N) is 4. The van der Waals surface area contributed by atoms with Crippen LogP contribution in [0.5, 0.6) is 0 Å². The Balaban J connectivity index is 1.37. The normalized spacial score (nSPS) is 12.1. The van der Waals surface area contributed by atoms with Gasteiger partial charge in [0.1, 0.15) is 0 Å². The highest BCUT2D eigenvalue weighted by atomic mass is 16.1. The van der Waals surface area contributed by atoms with E-state index in [2.05, 4.69) is 34.6 Å². The lowest BCUT2D eigenvalue weighted by molar-refractivity contribution is -0.121. The van der Waals surface area contributed by atoms with Crippen LogP contribution in [-0.4, -0.2) is 32.0 Å². The molecule has 0 aliphatic heterocycles. The molecular formula is C25H27N5O2. The lowest BCUT2D eigenvalue weighted by atomic mass is 10.0. The lowest BCUT2D eigenvalue weighted by Gasteiger charge is -2.13. The van der Waals surface area contributed by atoms with Gasteiger partial charge in [0.05, 0.1) is 11.4 Å². The molecule has 32 heavy (non-hydrogen) atoms. The van der Waals surface area contributed by atoms with Gasteiger partial charge in [-0.15, -0.1) is 0 Å². The molecule has 0 spiro atoms. The summed E-state index contributed by atoms with van der Waals surface area (Å²) < 4.78 is 3.12. The summed E-state index contributed by atoms with van der Waals surface area (Å²) in [5, 5.41) is 12.6. The van der Waals surface area contributed by atoms with Crippen LogP contribution in [-0.2, 0) is 11.3 Å². The molecule has 0 saturated heterocycles. The monoisotopic (exact) mass is 429 g/mol. The topological polar surface area (TPSA) is 81.8 Å². The molecule has 0 radical (unpaired) electrons. The van der Waals surface area contributed by atoms with Gasteiger partial charge >= 0.3 is 0 Å². The van der Waals surface area contributed by atoms with Crippen LogP contribution >= 0.6 is 0 Å². The second-order valence-electron chi connectivity index (χ2n) is 8.00. The van der Waals surface area contributed by atoms with Crippen LogP contribution < -0.4 is 10.9 Å². The first kappa shape index (κ1) is 21.5. The molecule has 7 heteroatoms. The quantitative estimate of drug-likeness (QED) is 0.464. The zero-order chi connectivity index (χ0) is 22.5. The van der Waals surface area contributed by atoms with Gasteiger partial charge in [0.2, 0.25) is 5.91 Å². The van der Waals surface area contributed by atoms with Gasteiger partial charge in [-0.1, -0.05) is 55.5 Å². The van der Waals surface area contributed by atoms with Gasteiger partial charge in [0.15, 0.2) is 5.52 Å². The number of nitrogens with one attached hydrogen (secondary N) is 1. The van der Waals surface area contributed by atoms with Crippen LogP contribution in [0.4, 0.5) is 0 Å². The van der Waals surface area contributed by atoms with E-state index in [9.17, 15) is 9.59 Å². The Morgan fingerprint density at radius 1 is 1.03 bits per heavy atom. The van der Waals surface area contributed by atoms with E-state index in [1.165, 1.54) is 10.2 Å². The first-order chi connectivity index (χ1) is 15.5. The van der Waals surface area contributed by atoms with Crippen LogP contribution in [0.25, 0.3) is 16.6 Å². The Labute approximate surface area is 186 Å².